The van der Waals surface area contributed by atoms with Crippen molar-refractivity contribution in [2.24, 2.45) is 0 Å². The van der Waals surface area contributed by atoms with E-state index in [9.17, 15) is 4.79 Å². The molecular weight excluding hydrogens is 319 g/mol. The van der Waals surface area contributed by atoms with Gasteiger partial charge >= 0.3 is 0 Å². The summed E-state index contributed by atoms with van der Waals surface area (Å²) in [6.07, 6.45) is 0.355. The molecule has 0 atom stereocenters. The third-order valence-corrected chi connectivity index (χ3v) is 3.82. The number of hydrogen-bond donors (Lipinski definition) is 2. The summed E-state index contributed by atoms with van der Waals surface area (Å²) < 4.78 is 0. The van der Waals surface area contributed by atoms with Crippen LogP contribution in [0.2, 0.25) is 10.0 Å². The van der Waals surface area contributed by atoms with Gasteiger partial charge < -0.3 is 10.6 Å². The first-order valence-corrected chi connectivity index (χ1v) is 7.82. The van der Waals surface area contributed by atoms with E-state index >= 15 is 0 Å². The van der Waals surface area contributed by atoms with Gasteiger partial charge in [0.1, 0.15) is 0 Å². The number of anilines is 1. The average Bonchev–Trinajstić information content (AvgIpc) is 2.48. The molecule has 2 aromatic carbocycles. The van der Waals surface area contributed by atoms with E-state index < -0.39 is 0 Å². The topological polar surface area (TPSA) is 41.1 Å². The zero-order chi connectivity index (χ0) is 15.9. The Morgan fingerprint density at radius 2 is 1.77 bits per heavy atom. The van der Waals surface area contributed by atoms with Crippen molar-refractivity contribution in [2.75, 3.05) is 11.9 Å². The van der Waals surface area contributed by atoms with Gasteiger partial charge in [0.25, 0.3) is 0 Å². The van der Waals surface area contributed by atoms with Crippen LogP contribution in [0.3, 0.4) is 0 Å². The molecule has 0 heterocycles. The second-order valence-corrected chi connectivity index (χ2v) is 5.85. The zero-order valence-electron chi connectivity index (χ0n) is 12.3. The lowest BCUT2D eigenvalue weighted by Crippen LogP contribution is -2.25. The quantitative estimate of drug-likeness (QED) is 0.819. The summed E-state index contributed by atoms with van der Waals surface area (Å²) in [4.78, 5) is 11.8. The molecule has 22 heavy (non-hydrogen) atoms. The monoisotopic (exact) mass is 336 g/mol. The highest BCUT2D eigenvalue weighted by Crippen LogP contribution is 2.29. The maximum Gasteiger partial charge on any atom is 0.222 e. The van der Waals surface area contributed by atoms with Gasteiger partial charge in [0, 0.05) is 19.5 Å². The van der Waals surface area contributed by atoms with E-state index in [0.717, 1.165) is 5.56 Å². The smallest absolute Gasteiger partial charge is 0.222 e. The molecule has 3 nitrogen and oxygen atoms in total. The Kier molecular flexibility index (Phi) is 6.10. The predicted molar refractivity (Wildman–Crippen MR) is 92.6 cm³/mol. The van der Waals surface area contributed by atoms with Crippen LogP contribution in [0.5, 0.6) is 0 Å². The van der Waals surface area contributed by atoms with Crippen LogP contribution < -0.4 is 10.6 Å². The molecule has 0 saturated carbocycles. The summed E-state index contributed by atoms with van der Waals surface area (Å²) in [5, 5.41) is 7.09. The molecule has 0 aliphatic carbocycles. The molecule has 0 aromatic heterocycles. The molecule has 0 bridgehead atoms. The first kappa shape index (κ1) is 16.7. The van der Waals surface area contributed by atoms with Crippen LogP contribution in [0.4, 0.5) is 5.69 Å². The number of halogens is 2. The first-order valence-electron chi connectivity index (χ1n) is 7.06. The minimum Gasteiger partial charge on any atom is -0.382 e. The number of amides is 1. The number of carbonyl (C=O) groups is 1. The van der Waals surface area contributed by atoms with E-state index in [4.69, 9.17) is 23.2 Å². The Morgan fingerprint density at radius 1 is 1.09 bits per heavy atom. The molecule has 1 amide bonds. The van der Waals surface area contributed by atoms with Gasteiger partial charge in [0.15, 0.2) is 0 Å². The second-order valence-electron chi connectivity index (χ2n) is 5.04. The lowest BCUT2D eigenvalue weighted by Gasteiger charge is -2.10. The third kappa shape index (κ3) is 4.93. The van der Waals surface area contributed by atoms with Crippen LogP contribution in [0.25, 0.3) is 0 Å². The maximum atomic E-state index is 11.8. The number of nitrogens with one attached hydrogen (secondary N) is 2. The van der Waals surface area contributed by atoms with Crippen molar-refractivity contribution < 1.29 is 4.79 Å². The molecule has 2 rings (SSSR count). The molecule has 5 heteroatoms. The first-order chi connectivity index (χ1) is 10.6. The molecule has 0 fully saturated rings. The number of hydrogen-bond acceptors (Lipinski definition) is 2. The van der Waals surface area contributed by atoms with Gasteiger partial charge in [0.2, 0.25) is 5.91 Å². The van der Waals surface area contributed by atoms with E-state index in [1.165, 1.54) is 5.56 Å². The van der Waals surface area contributed by atoms with Crippen molar-refractivity contribution >= 4 is 34.8 Å². The predicted octanol–water partition coefficient (Wildman–Crippen LogP) is 4.42. The largest absolute Gasteiger partial charge is 0.382 e. The van der Waals surface area contributed by atoms with Crippen molar-refractivity contribution in [1.29, 1.82) is 0 Å². The molecule has 2 N–H and O–H groups in total. The van der Waals surface area contributed by atoms with E-state index in [-0.39, 0.29) is 5.91 Å². The minimum absolute atomic E-state index is 0.0165. The highest BCUT2D eigenvalue weighted by molar-refractivity contribution is 6.39. The fourth-order valence-electron chi connectivity index (χ4n) is 2.08. The van der Waals surface area contributed by atoms with Crippen LogP contribution >= 0.6 is 23.2 Å². The van der Waals surface area contributed by atoms with Gasteiger partial charge in [-0.25, -0.2) is 0 Å². The highest BCUT2D eigenvalue weighted by Gasteiger charge is 2.06. The van der Waals surface area contributed by atoms with Gasteiger partial charge in [-0.1, -0.05) is 59.1 Å². The summed E-state index contributed by atoms with van der Waals surface area (Å²) in [7, 11) is 0. The lowest BCUT2D eigenvalue weighted by molar-refractivity contribution is -0.121. The molecular formula is C17H18Cl2N2O. The van der Waals surface area contributed by atoms with Crippen molar-refractivity contribution in [3.05, 3.63) is 63.6 Å². The molecule has 0 unspecified atom stereocenters. The Morgan fingerprint density at radius 3 is 2.45 bits per heavy atom. The Balaban J connectivity index is 1.76. The Bertz CT molecular complexity index is 639. The van der Waals surface area contributed by atoms with Crippen LogP contribution in [-0.4, -0.2) is 12.5 Å². The van der Waals surface area contributed by atoms with Crippen LogP contribution in [0.1, 0.15) is 17.5 Å². The standard InChI is InChI=1S/C17H18Cl2N2O/c1-12-4-2-5-13(10-12)11-21-16(22)8-9-20-17-14(18)6-3-7-15(17)19/h2-7,10,20H,8-9,11H2,1H3,(H,21,22). The summed E-state index contributed by atoms with van der Waals surface area (Å²) in [5.41, 5.74) is 2.94. The van der Waals surface area contributed by atoms with Gasteiger partial charge in [-0.3, -0.25) is 4.79 Å². The van der Waals surface area contributed by atoms with Crippen LogP contribution in [0, 0.1) is 6.92 Å². The summed E-state index contributed by atoms with van der Waals surface area (Å²) in [6.45, 7) is 3.04. The third-order valence-electron chi connectivity index (χ3n) is 3.19. The molecule has 116 valence electrons. The summed E-state index contributed by atoms with van der Waals surface area (Å²) in [5.74, 6) is -0.0165. The number of para-hydroxylation sites is 1. The highest BCUT2D eigenvalue weighted by atomic mass is 35.5. The number of benzene rings is 2. The van der Waals surface area contributed by atoms with Crippen molar-refractivity contribution in [3.8, 4) is 0 Å². The summed E-state index contributed by atoms with van der Waals surface area (Å²) >= 11 is 12.1. The maximum absolute atomic E-state index is 11.8. The van der Waals surface area contributed by atoms with Gasteiger partial charge in [-0.05, 0) is 24.6 Å². The lowest BCUT2D eigenvalue weighted by atomic mass is 10.1. The molecule has 0 saturated heterocycles. The Hall–Kier alpha value is -1.71. The number of rotatable bonds is 6. The van der Waals surface area contributed by atoms with Gasteiger partial charge in [0.05, 0.1) is 15.7 Å². The van der Waals surface area contributed by atoms with E-state index in [1.54, 1.807) is 18.2 Å². The summed E-state index contributed by atoms with van der Waals surface area (Å²) in [6, 6.07) is 13.4. The molecule has 2 aromatic rings. The molecule has 0 aliphatic heterocycles. The normalized spacial score (nSPS) is 10.3. The van der Waals surface area contributed by atoms with Crippen LogP contribution in [0.15, 0.2) is 42.5 Å². The average molecular weight is 337 g/mol. The van der Waals surface area contributed by atoms with Crippen LogP contribution in [-0.2, 0) is 11.3 Å². The van der Waals surface area contributed by atoms with Crippen molar-refractivity contribution in [3.63, 3.8) is 0 Å². The van der Waals surface area contributed by atoms with E-state index in [2.05, 4.69) is 16.7 Å². The fourth-order valence-corrected chi connectivity index (χ4v) is 2.61. The Labute approximate surface area is 140 Å². The molecule has 0 spiro atoms. The van der Waals surface area contributed by atoms with Gasteiger partial charge in [-0.15, -0.1) is 0 Å². The fraction of sp³-hybridized carbons (Fsp3) is 0.235. The SMILES string of the molecule is Cc1cccc(CNC(=O)CCNc2c(Cl)cccc2Cl)c1. The number of aryl methyl sites for hydroxylation is 1. The van der Waals surface area contributed by atoms with E-state index in [0.29, 0.717) is 35.2 Å². The van der Waals surface area contributed by atoms with Crippen molar-refractivity contribution in [1.82, 2.24) is 5.32 Å². The molecule has 0 aliphatic rings. The van der Waals surface area contributed by atoms with Gasteiger partial charge in [-0.2, -0.15) is 0 Å². The minimum atomic E-state index is -0.0165. The second kappa shape index (κ2) is 8.06. The van der Waals surface area contributed by atoms with E-state index in [1.807, 2.05) is 25.1 Å². The molecule has 0 radical (unpaired) electrons. The zero-order valence-corrected chi connectivity index (χ0v) is 13.8. The van der Waals surface area contributed by atoms with Crippen molar-refractivity contribution in [2.45, 2.75) is 19.9 Å². The number of carbonyl (C=O) groups excluding carboxylic acids is 1.